The van der Waals surface area contributed by atoms with Crippen LogP contribution in [-0.2, 0) is 0 Å². The summed E-state index contributed by atoms with van der Waals surface area (Å²) in [5.74, 6) is -0.456. The minimum Gasteiger partial charge on any atom is -0.345 e. The van der Waals surface area contributed by atoms with E-state index in [9.17, 15) is 9.18 Å². The molecule has 0 aliphatic heterocycles. The Labute approximate surface area is 127 Å². The Hall–Kier alpha value is -1.87. The number of benzene rings is 2. The fourth-order valence-electron chi connectivity index (χ4n) is 2.44. The molecule has 0 saturated heterocycles. The first kappa shape index (κ1) is 14.1. The lowest BCUT2D eigenvalue weighted by molar-refractivity contribution is 0.0927. The molecule has 0 radical (unpaired) electrons. The Bertz CT molecular complexity index is 652. The summed E-state index contributed by atoms with van der Waals surface area (Å²) < 4.78 is 13.7. The van der Waals surface area contributed by atoms with Crippen LogP contribution < -0.4 is 5.32 Å². The van der Waals surface area contributed by atoms with Crippen LogP contribution >= 0.6 is 11.6 Å². The van der Waals surface area contributed by atoms with Crippen molar-refractivity contribution < 1.29 is 9.18 Å². The van der Waals surface area contributed by atoms with Crippen molar-refractivity contribution in [2.24, 2.45) is 5.92 Å². The molecule has 1 fully saturated rings. The van der Waals surface area contributed by atoms with E-state index in [0.717, 1.165) is 18.4 Å². The Morgan fingerprint density at radius 1 is 1.14 bits per heavy atom. The van der Waals surface area contributed by atoms with Gasteiger partial charge in [0.1, 0.15) is 5.82 Å². The molecule has 108 valence electrons. The molecule has 21 heavy (non-hydrogen) atoms. The molecule has 2 nitrogen and oxygen atoms in total. The molecule has 0 spiro atoms. The van der Waals surface area contributed by atoms with Crippen molar-refractivity contribution in [3.63, 3.8) is 0 Å². The van der Waals surface area contributed by atoms with Crippen LogP contribution in [-0.4, -0.2) is 5.91 Å². The highest BCUT2D eigenvalue weighted by molar-refractivity contribution is 6.30. The van der Waals surface area contributed by atoms with Crippen molar-refractivity contribution in [2.75, 3.05) is 0 Å². The second-order valence-electron chi connectivity index (χ2n) is 5.32. The molecule has 0 aromatic heterocycles. The van der Waals surface area contributed by atoms with Crippen LogP contribution in [0.2, 0.25) is 5.02 Å². The Morgan fingerprint density at radius 3 is 2.43 bits per heavy atom. The van der Waals surface area contributed by atoms with Crippen LogP contribution in [0, 0.1) is 11.7 Å². The second kappa shape index (κ2) is 5.86. The van der Waals surface area contributed by atoms with Gasteiger partial charge >= 0.3 is 0 Å². The largest absolute Gasteiger partial charge is 0.345 e. The maximum absolute atomic E-state index is 13.7. The van der Waals surface area contributed by atoms with Crippen LogP contribution in [0.4, 0.5) is 4.39 Å². The highest BCUT2D eigenvalue weighted by atomic mass is 35.5. The number of carbonyl (C=O) groups excluding carboxylic acids is 1. The molecule has 3 rings (SSSR count). The van der Waals surface area contributed by atoms with Gasteiger partial charge in [-0.05, 0) is 48.6 Å². The van der Waals surface area contributed by atoms with E-state index >= 15 is 0 Å². The number of hydrogen-bond donors (Lipinski definition) is 1. The summed E-state index contributed by atoms with van der Waals surface area (Å²) in [6.45, 7) is 0. The van der Waals surface area contributed by atoms with Crippen molar-refractivity contribution in [2.45, 2.75) is 18.9 Å². The molecular formula is C17H15ClFNO. The van der Waals surface area contributed by atoms with Crippen molar-refractivity contribution >= 4 is 17.5 Å². The van der Waals surface area contributed by atoms with Gasteiger partial charge in [0.05, 0.1) is 11.6 Å². The fourth-order valence-corrected chi connectivity index (χ4v) is 2.56. The van der Waals surface area contributed by atoms with Gasteiger partial charge in [-0.3, -0.25) is 4.79 Å². The van der Waals surface area contributed by atoms with Gasteiger partial charge in [0.15, 0.2) is 0 Å². The van der Waals surface area contributed by atoms with E-state index in [4.69, 9.17) is 11.6 Å². The molecule has 1 N–H and O–H groups in total. The number of carbonyl (C=O) groups is 1. The first-order chi connectivity index (χ1) is 10.1. The third-order valence-corrected chi connectivity index (χ3v) is 3.98. The smallest absolute Gasteiger partial charge is 0.254 e. The highest BCUT2D eigenvalue weighted by Gasteiger charge is 2.33. The molecule has 1 saturated carbocycles. The summed E-state index contributed by atoms with van der Waals surface area (Å²) in [7, 11) is 0. The predicted octanol–water partition coefficient (Wildman–Crippen LogP) is 4.36. The van der Waals surface area contributed by atoms with E-state index < -0.39 is 5.82 Å². The fraction of sp³-hybridized carbons (Fsp3) is 0.235. The molecule has 1 amide bonds. The van der Waals surface area contributed by atoms with Crippen LogP contribution in [0.5, 0.6) is 0 Å². The van der Waals surface area contributed by atoms with Gasteiger partial charge in [-0.2, -0.15) is 0 Å². The summed E-state index contributed by atoms with van der Waals surface area (Å²) in [5.41, 5.74) is 1.09. The van der Waals surface area contributed by atoms with Gasteiger partial charge < -0.3 is 5.32 Å². The van der Waals surface area contributed by atoms with Crippen LogP contribution in [0.25, 0.3) is 0 Å². The minimum atomic E-state index is -0.499. The third-order valence-electron chi connectivity index (χ3n) is 3.73. The molecule has 0 bridgehead atoms. The minimum absolute atomic E-state index is 0.0807. The first-order valence-electron chi connectivity index (χ1n) is 6.96. The maximum Gasteiger partial charge on any atom is 0.254 e. The first-order valence-corrected chi connectivity index (χ1v) is 7.34. The van der Waals surface area contributed by atoms with Crippen LogP contribution in [0.1, 0.15) is 34.8 Å². The number of halogens is 2. The normalized spacial score (nSPS) is 15.5. The summed E-state index contributed by atoms with van der Waals surface area (Å²) in [6, 6.07) is 13.4. The third kappa shape index (κ3) is 3.24. The Balaban J connectivity index is 1.81. The summed E-state index contributed by atoms with van der Waals surface area (Å²) in [5, 5.41) is 3.61. The topological polar surface area (TPSA) is 29.1 Å². The highest BCUT2D eigenvalue weighted by Crippen LogP contribution is 2.41. The van der Waals surface area contributed by atoms with Crippen LogP contribution in [0.3, 0.4) is 0 Å². The summed E-state index contributed by atoms with van der Waals surface area (Å²) >= 11 is 5.90. The van der Waals surface area contributed by atoms with Gasteiger partial charge in [-0.15, -0.1) is 0 Å². The zero-order chi connectivity index (χ0) is 14.8. The Kier molecular flexibility index (Phi) is 3.93. The molecular weight excluding hydrogens is 289 g/mol. The molecule has 2 aromatic carbocycles. The number of hydrogen-bond acceptors (Lipinski definition) is 1. The van der Waals surface area contributed by atoms with Crippen molar-refractivity contribution in [1.29, 1.82) is 0 Å². The van der Waals surface area contributed by atoms with Gasteiger partial charge in [-0.25, -0.2) is 4.39 Å². The number of amides is 1. The average Bonchev–Trinajstić information content (AvgIpc) is 3.31. The molecule has 1 aliphatic carbocycles. The van der Waals surface area contributed by atoms with Gasteiger partial charge in [0.25, 0.3) is 5.91 Å². The lowest BCUT2D eigenvalue weighted by Gasteiger charge is -2.19. The molecule has 1 aliphatic rings. The predicted molar refractivity (Wildman–Crippen MR) is 80.8 cm³/mol. The number of rotatable bonds is 4. The van der Waals surface area contributed by atoms with Crippen LogP contribution in [0.15, 0.2) is 48.5 Å². The Morgan fingerprint density at radius 2 is 1.81 bits per heavy atom. The molecule has 0 unspecified atom stereocenters. The zero-order valence-corrected chi connectivity index (χ0v) is 12.1. The summed E-state index contributed by atoms with van der Waals surface area (Å²) in [4.78, 5) is 12.3. The summed E-state index contributed by atoms with van der Waals surface area (Å²) in [6.07, 6.45) is 2.15. The lowest BCUT2D eigenvalue weighted by atomic mass is 10.0. The van der Waals surface area contributed by atoms with E-state index in [1.807, 2.05) is 24.3 Å². The molecule has 0 heterocycles. The van der Waals surface area contributed by atoms with E-state index in [0.29, 0.717) is 10.9 Å². The monoisotopic (exact) mass is 303 g/mol. The van der Waals surface area contributed by atoms with E-state index in [2.05, 4.69) is 5.32 Å². The van der Waals surface area contributed by atoms with E-state index in [-0.39, 0.29) is 17.5 Å². The molecule has 4 heteroatoms. The standard InChI is InChI=1S/C17H15ClFNO/c18-13-9-7-12(8-10-13)16(11-5-6-11)20-17(21)14-3-1-2-4-15(14)19/h1-4,7-11,16H,5-6H2,(H,20,21)/t16-/m1/s1. The second-order valence-corrected chi connectivity index (χ2v) is 5.76. The molecule has 2 aromatic rings. The van der Waals surface area contributed by atoms with Crippen molar-refractivity contribution in [3.8, 4) is 0 Å². The SMILES string of the molecule is O=C(N[C@@H](c1ccc(Cl)cc1)C1CC1)c1ccccc1F. The maximum atomic E-state index is 13.7. The quantitative estimate of drug-likeness (QED) is 0.893. The zero-order valence-electron chi connectivity index (χ0n) is 11.4. The van der Waals surface area contributed by atoms with E-state index in [1.54, 1.807) is 12.1 Å². The van der Waals surface area contributed by atoms with Gasteiger partial charge in [0.2, 0.25) is 0 Å². The van der Waals surface area contributed by atoms with Gasteiger partial charge in [-0.1, -0.05) is 35.9 Å². The average molecular weight is 304 g/mol. The lowest BCUT2D eigenvalue weighted by Crippen LogP contribution is -2.30. The van der Waals surface area contributed by atoms with E-state index in [1.165, 1.54) is 12.1 Å². The number of nitrogens with one attached hydrogen (secondary N) is 1. The van der Waals surface area contributed by atoms with Crippen molar-refractivity contribution in [1.82, 2.24) is 5.32 Å². The van der Waals surface area contributed by atoms with Gasteiger partial charge in [0, 0.05) is 5.02 Å². The van der Waals surface area contributed by atoms with Crippen molar-refractivity contribution in [3.05, 3.63) is 70.5 Å². The molecule has 1 atom stereocenters.